The first-order chi connectivity index (χ1) is 9.78. The molecule has 5 heteroatoms. The average molecular weight is 288 g/mol. The molecule has 20 heavy (non-hydrogen) atoms. The SMILES string of the molecule is Cc1cnc(N2CCCC(CN)C2)nc1-c1cccs1. The Labute approximate surface area is 123 Å². The van der Waals surface area contributed by atoms with Gasteiger partial charge in [-0.25, -0.2) is 9.97 Å². The molecular weight excluding hydrogens is 268 g/mol. The lowest BCUT2D eigenvalue weighted by molar-refractivity contribution is 0.419. The highest BCUT2D eigenvalue weighted by molar-refractivity contribution is 7.13. The number of piperidine rings is 1. The Kier molecular flexibility index (Phi) is 3.98. The van der Waals surface area contributed by atoms with Crippen LogP contribution in [0.3, 0.4) is 0 Å². The number of hydrogen-bond donors (Lipinski definition) is 1. The van der Waals surface area contributed by atoms with Gasteiger partial charge in [0.25, 0.3) is 0 Å². The molecule has 2 aromatic heterocycles. The molecule has 1 atom stereocenters. The van der Waals surface area contributed by atoms with Crippen LogP contribution in [0.25, 0.3) is 10.6 Å². The summed E-state index contributed by atoms with van der Waals surface area (Å²) >= 11 is 1.72. The molecule has 0 amide bonds. The second kappa shape index (κ2) is 5.89. The maximum absolute atomic E-state index is 5.81. The van der Waals surface area contributed by atoms with Crippen LogP contribution in [0, 0.1) is 12.8 Å². The third kappa shape index (κ3) is 2.69. The molecule has 0 aromatic carbocycles. The molecule has 2 aromatic rings. The van der Waals surface area contributed by atoms with Crippen LogP contribution >= 0.6 is 11.3 Å². The fraction of sp³-hybridized carbons (Fsp3) is 0.467. The summed E-state index contributed by atoms with van der Waals surface area (Å²) in [6.07, 6.45) is 4.33. The van der Waals surface area contributed by atoms with Crippen molar-refractivity contribution in [1.82, 2.24) is 9.97 Å². The number of thiophene rings is 1. The number of aryl methyl sites for hydroxylation is 1. The number of nitrogens with two attached hydrogens (primary N) is 1. The zero-order valence-electron chi connectivity index (χ0n) is 11.7. The molecule has 0 radical (unpaired) electrons. The van der Waals surface area contributed by atoms with Crippen LogP contribution in [-0.2, 0) is 0 Å². The molecule has 3 heterocycles. The summed E-state index contributed by atoms with van der Waals surface area (Å²) < 4.78 is 0. The largest absolute Gasteiger partial charge is 0.340 e. The Morgan fingerprint density at radius 3 is 3.15 bits per heavy atom. The first kappa shape index (κ1) is 13.5. The number of hydrogen-bond acceptors (Lipinski definition) is 5. The summed E-state index contributed by atoms with van der Waals surface area (Å²) in [7, 11) is 0. The lowest BCUT2D eigenvalue weighted by Crippen LogP contribution is -2.39. The molecule has 1 unspecified atom stereocenters. The lowest BCUT2D eigenvalue weighted by Gasteiger charge is -2.32. The van der Waals surface area contributed by atoms with Crippen LogP contribution in [0.2, 0.25) is 0 Å². The average Bonchev–Trinajstić information content (AvgIpc) is 3.02. The summed E-state index contributed by atoms with van der Waals surface area (Å²) in [5.41, 5.74) is 7.99. The predicted molar refractivity (Wildman–Crippen MR) is 84.1 cm³/mol. The summed E-state index contributed by atoms with van der Waals surface area (Å²) in [4.78, 5) is 12.8. The Morgan fingerprint density at radius 2 is 2.40 bits per heavy atom. The van der Waals surface area contributed by atoms with Crippen LogP contribution < -0.4 is 10.6 Å². The lowest BCUT2D eigenvalue weighted by atomic mass is 9.99. The monoisotopic (exact) mass is 288 g/mol. The van der Waals surface area contributed by atoms with Gasteiger partial charge in [-0.05, 0) is 49.2 Å². The molecule has 0 aliphatic carbocycles. The normalized spacial score (nSPS) is 19.3. The predicted octanol–water partition coefficient (Wildman–Crippen LogP) is 2.69. The Bertz CT molecular complexity index is 567. The summed E-state index contributed by atoms with van der Waals surface area (Å²) in [5.74, 6) is 1.41. The van der Waals surface area contributed by atoms with Crippen LogP contribution in [-0.4, -0.2) is 29.6 Å². The first-order valence-electron chi connectivity index (χ1n) is 7.10. The van der Waals surface area contributed by atoms with Crippen molar-refractivity contribution < 1.29 is 0 Å². The van der Waals surface area contributed by atoms with E-state index in [1.165, 1.54) is 17.7 Å². The fourth-order valence-electron chi connectivity index (χ4n) is 2.69. The second-order valence-corrected chi connectivity index (χ2v) is 6.32. The highest BCUT2D eigenvalue weighted by Gasteiger charge is 2.21. The minimum atomic E-state index is 0.568. The number of nitrogens with zero attached hydrogens (tertiary/aromatic N) is 3. The Hall–Kier alpha value is -1.46. The van der Waals surface area contributed by atoms with Gasteiger partial charge in [0.05, 0.1) is 10.6 Å². The van der Waals surface area contributed by atoms with Gasteiger partial charge >= 0.3 is 0 Å². The molecule has 1 saturated heterocycles. The maximum atomic E-state index is 5.81. The van der Waals surface area contributed by atoms with Gasteiger partial charge in [-0.2, -0.15) is 0 Å². The molecule has 1 aliphatic heterocycles. The van der Waals surface area contributed by atoms with E-state index in [-0.39, 0.29) is 0 Å². The quantitative estimate of drug-likeness (QED) is 0.943. The highest BCUT2D eigenvalue weighted by Crippen LogP contribution is 2.28. The summed E-state index contributed by atoms with van der Waals surface area (Å²) in [6, 6.07) is 4.18. The van der Waals surface area contributed by atoms with Crippen LogP contribution in [0.5, 0.6) is 0 Å². The summed E-state index contributed by atoms with van der Waals surface area (Å²) in [5, 5.41) is 2.09. The van der Waals surface area contributed by atoms with Crippen molar-refractivity contribution in [3.63, 3.8) is 0 Å². The van der Waals surface area contributed by atoms with Gasteiger partial charge in [0, 0.05) is 19.3 Å². The van der Waals surface area contributed by atoms with Gasteiger partial charge in [-0.3, -0.25) is 0 Å². The van der Waals surface area contributed by atoms with E-state index in [4.69, 9.17) is 10.7 Å². The highest BCUT2D eigenvalue weighted by atomic mass is 32.1. The van der Waals surface area contributed by atoms with Gasteiger partial charge in [0.15, 0.2) is 0 Å². The molecule has 1 aliphatic rings. The third-order valence-corrected chi connectivity index (χ3v) is 4.73. The van der Waals surface area contributed by atoms with E-state index in [0.717, 1.165) is 36.8 Å². The molecule has 2 N–H and O–H groups in total. The van der Waals surface area contributed by atoms with Crippen LogP contribution in [0.1, 0.15) is 18.4 Å². The summed E-state index contributed by atoms with van der Waals surface area (Å²) in [6.45, 7) is 4.82. The second-order valence-electron chi connectivity index (χ2n) is 5.37. The molecule has 0 bridgehead atoms. The van der Waals surface area contributed by atoms with E-state index in [1.807, 2.05) is 6.20 Å². The van der Waals surface area contributed by atoms with E-state index < -0.39 is 0 Å². The van der Waals surface area contributed by atoms with Crippen molar-refractivity contribution >= 4 is 17.3 Å². The zero-order chi connectivity index (χ0) is 13.9. The van der Waals surface area contributed by atoms with Gasteiger partial charge in [0.2, 0.25) is 5.95 Å². The van der Waals surface area contributed by atoms with Gasteiger partial charge < -0.3 is 10.6 Å². The molecule has 0 spiro atoms. The van der Waals surface area contributed by atoms with Gasteiger partial charge in [-0.15, -0.1) is 11.3 Å². The van der Waals surface area contributed by atoms with Crippen molar-refractivity contribution in [1.29, 1.82) is 0 Å². The van der Waals surface area contributed by atoms with Gasteiger partial charge in [-0.1, -0.05) is 6.07 Å². The van der Waals surface area contributed by atoms with E-state index >= 15 is 0 Å². The Morgan fingerprint density at radius 1 is 1.50 bits per heavy atom. The molecular formula is C15H20N4S. The minimum Gasteiger partial charge on any atom is -0.340 e. The van der Waals surface area contributed by atoms with E-state index in [9.17, 15) is 0 Å². The van der Waals surface area contributed by atoms with E-state index in [1.54, 1.807) is 11.3 Å². The number of rotatable bonds is 3. The van der Waals surface area contributed by atoms with Gasteiger partial charge in [0.1, 0.15) is 0 Å². The standard InChI is InChI=1S/C15H20N4S/c1-11-9-17-15(18-14(11)13-5-3-7-20-13)19-6-2-4-12(8-16)10-19/h3,5,7,9,12H,2,4,6,8,10,16H2,1H3. The molecule has 3 rings (SSSR count). The van der Waals surface area contributed by atoms with Crippen molar-refractivity contribution in [3.8, 4) is 10.6 Å². The molecule has 1 fully saturated rings. The van der Waals surface area contributed by atoms with Crippen molar-refractivity contribution in [2.45, 2.75) is 19.8 Å². The Balaban J connectivity index is 1.89. The van der Waals surface area contributed by atoms with Crippen LogP contribution in [0.4, 0.5) is 5.95 Å². The number of anilines is 1. The van der Waals surface area contributed by atoms with E-state index in [2.05, 4.69) is 34.3 Å². The van der Waals surface area contributed by atoms with Crippen molar-refractivity contribution in [3.05, 3.63) is 29.3 Å². The van der Waals surface area contributed by atoms with Crippen molar-refractivity contribution in [2.24, 2.45) is 11.7 Å². The molecule has 4 nitrogen and oxygen atoms in total. The fourth-order valence-corrected chi connectivity index (χ4v) is 3.47. The first-order valence-corrected chi connectivity index (χ1v) is 7.98. The van der Waals surface area contributed by atoms with Crippen LogP contribution in [0.15, 0.2) is 23.7 Å². The topological polar surface area (TPSA) is 55.0 Å². The third-order valence-electron chi connectivity index (χ3n) is 3.85. The number of aromatic nitrogens is 2. The molecule has 0 saturated carbocycles. The maximum Gasteiger partial charge on any atom is 0.225 e. The van der Waals surface area contributed by atoms with Crippen molar-refractivity contribution in [2.75, 3.05) is 24.5 Å². The minimum absolute atomic E-state index is 0.568. The zero-order valence-corrected chi connectivity index (χ0v) is 12.6. The van der Waals surface area contributed by atoms with E-state index in [0.29, 0.717) is 5.92 Å². The smallest absolute Gasteiger partial charge is 0.225 e. The molecule has 106 valence electrons.